The fourth-order valence-corrected chi connectivity index (χ4v) is 2.00. The van der Waals surface area contributed by atoms with E-state index in [4.69, 9.17) is 5.73 Å². The van der Waals surface area contributed by atoms with Gasteiger partial charge in [-0.25, -0.2) is 4.98 Å². The topological polar surface area (TPSA) is 68.0 Å². The van der Waals surface area contributed by atoms with Crippen LogP contribution in [0.15, 0.2) is 35.8 Å². The minimum atomic E-state index is -0.0434. The number of para-hydroxylation sites is 1. The lowest BCUT2D eigenvalue weighted by Gasteiger charge is -2.05. The number of nitrogens with zero attached hydrogens (tertiary/aromatic N) is 1. The molecule has 0 aliphatic heterocycles. The SMILES string of the molecule is Nc1ccccc1CC(=O)NCc1nccs1. The maximum absolute atomic E-state index is 11.7. The van der Waals surface area contributed by atoms with E-state index in [1.54, 1.807) is 12.3 Å². The summed E-state index contributed by atoms with van der Waals surface area (Å²) in [6, 6.07) is 7.38. The highest BCUT2D eigenvalue weighted by Crippen LogP contribution is 2.11. The van der Waals surface area contributed by atoms with Gasteiger partial charge in [0.25, 0.3) is 0 Å². The Morgan fingerprint density at radius 3 is 2.94 bits per heavy atom. The van der Waals surface area contributed by atoms with Crippen LogP contribution in [0.3, 0.4) is 0 Å². The zero-order valence-corrected chi connectivity index (χ0v) is 10.0. The molecule has 3 N–H and O–H groups in total. The predicted octanol–water partition coefficient (Wildman–Crippen LogP) is 1.58. The number of hydrogen-bond acceptors (Lipinski definition) is 4. The molecule has 0 atom stereocenters. The van der Waals surface area contributed by atoms with Crippen molar-refractivity contribution in [1.82, 2.24) is 10.3 Å². The number of benzene rings is 1. The third-order valence-corrected chi connectivity index (χ3v) is 3.11. The maximum Gasteiger partial charge on any atom is 0.224 e. The van der Waals surface area contributed by atoms with Crippen LogP contribution in [0.1, 0.15) is 10.6 Å². The normalized spacial score (nSPS) is 10.1. The molecule has 0 saturated heterocycles. The molecular formula is C12H13N3OS. The van der Waals surface area contributed by atoms with Gasteiger partial charge in [-0.1, -0.05) is 18.2 Å². The van der Waals surface area contributed by atoms with Crippen LogP contribution in [-0.2, 0) is 17.8 Å². The molecule has 1 aromatic carbocycles. The highest BCUT2D eigenvalue weighted by atomic mass is 32.1. The van der Waals surface area contributed by atoms with Crippen molar-refractivity contribution in [2.24, 2.45) is 0 Å². The first-order valence-electron chi connectivity index (χ1n) is 5.24. The molecule has 17 heavy (non-hydrogen) atoms. The summed E-state index contributed by atoms with van der Waals surface area (Å²) in [5, 5.41) is 5.60. The van der Waals surface area contributed by atoms with Crippen LogP contribution in [0.25, 0.3) is 0 Å². The molecule has 0 aliphatic carbocycles. The number of hydrogen-bond donors (Lipinski definition) is 2. The molecule has 2 aromatic rings. The second-order valence-electron chi connectivity index (χ2n) is 3.58. The van der Waals surface area contributed by atoms with E-state index in [-0.39, 0.29) is 5.91 Å². The Balaban J connectivity index is 1.87. The van der Waals surface area contributed by atoms with Gasteiger partial charge < -0.3 is 11.1 Å². The number of aromatic nitrogens is 1. The standard InChI is InChI=1S/C12H13N3OS/c13-10-4-2-1-3-9(10)7-11(16)15-8-12-14-5-6-17-12/h1-6H,7-8,13H2,(H,15,16). The summed E-state index contributed by atoms with van der Waals surface area (Å²) in [6.45, 7) is 0.475. The molecule has 1 heterocycles. The first-order valence-corrected chi connectivity index (χ1v) is 6.12. The molecule has 88 valence electrons. The molecular weight excluding hydrogens is 234 g/mol. The van der Waals surface area contributed by atoms with Gasteiger partial charge in [-0.05, 0) is 11.6 Å². The van der Waals surface area contributed by atoms with Gasteiger partial charge in [0.2, 0.25) is 5.91 Å². The van der Waals surface area contributed by atoms with Gasteiger partial charge in [0.05, 0.1) is 13.0 Å². The summed E-state index contributed by atoms with van der Waals surface area (Å²) in [6.07, 6.45) is 2.03. The Labute approximate surface area is 103 Å². The van der Waals surface area contributed by atoms with Crippen molar-refractivity contribution in [3.8, 4) is 0 Å². The van der Waals surface area contributed by atoms with E-state index in [2.05, 4.69) is 10.3 Å². The van der Waals surface area contributed by atoms with Crippen molar-refractivity contribution >= 4 is 22.9 Å². The molecule has 0 bridgehead atoms. The fraction of sp³-hybridized carbons (Fsp3) is 0.167. The number of thiazole rings is 1. The molecule has 0 radical (unpaired) electrons. The van der Waals surface area contributed by atoms with Gasteiger partial charge in [-0.3, -0.25) is 4.79 Å². The third-order valence-electron chi connectivity index (χ3n) is 2.33. The number of nitrogens with one attached hydrogen (secondary N) is 1. The van der Waals surface area contributed by atoms with Crippen LogP contribution in [-0.4, -0.2) is 10.9 Å². The van der Waals surface area contributed by atoms with E-state index in [1.165, 1.54) is 11.3 Å². The highest BCUT2D eigenvalue weighted by molar-refractivity contribution is 7.09. The fourth-order valence-electron chi connectivity index (χ4n) is 1.45. The number of amides is 1. The second-order valence-corrected chi connectivity index (χ2v) is 4.56. The molecule has 0 aliphatic rings. The van der Waals surface area contributed by atoms with Gasteiger partial charge >= 0.3 is 0 Å². The number of anilines is 1. The van der Waals surface area contributed by atoms with Gasteiger partial charge in [0.1, 0.15) is 5.01 Å². The number of carbonyl (C=O) groups excluding carboxylic acids is 1. The third kappa shape index (κ3) is 3.29. The summed E-state index contributed by atoms with van der Waals surface area (Å²) in [5.74, 6) is -0.0434. The average molecular weight is 247 g/mol. The molecule has 1 aromatic heterocycles. The summed E-state index contributed by atoms with van der Waals surface area (Å²) in [7, 11) is 0. The quantitative estimate of drug-likeness (QED) is 0.806. The van der Waals surface area contributed by atoms with Crippen LogP contribution in [0.5, 0.6) is 0 Å². The number of nitrogens with two attached hydrogens (primary N) is 1. The second kappa shape index (κ2) is 5.45. The predicted molar refractivity (Wildman–Crippen MR) is 68.5 cm³/mol. The molecule has 0 fully saturated rings. The maximum atomic E-state index is 11.7. The Bertz CT molecular complexity index is 496. The Morgan fingerprint density at radius 1 is 1.41 bits per heavy atom. The first-order chi connectivity index (χ1) is 8.25. The van der Waals surface area contributed by atoms with Gasteiger partial charge in [-0.15, -0.1) is 11.3 Å². The van der Waals surface area contributed by atoms with E-state index in [1.807, 2.05) is 23.6 Å². The molecule has 5 heteroatoms. The van der Waals surface area contributed by atoms with Crippen LogP contribution >= 0.6 is 11.3 Å². The van der Waals surface area contributed by atoms with Crippen molar-refractivity contribution in [3.05, 3.63) is 46.4 Å². The van der Waals surface area contributed by atoms with Crippen molar-refractivity contribution in [1.29, 1.82) is 0 Å². The zero-order valence-electron chi connectivity index (χ0n) is 9.22. The van der Waals surface area contributed by atoms with Gasteiger partial charge in [0.15, 0.2) is 0 Å². The minimum absolute atomic E-state index is 0.0434. The molecule has 1 amide bonds. The lowest BCUT2D eigenvalue weighted by Crippen LogP contribution is -2.24. The Hall–Kier alpha value is -1.88. The van der Waals surface area contributed by atoms with Crippen molar-refractivity contribution in [3.63, 3.8) is 0 Å². The largest absolute Gasteiger partial charge is 0.398 e. The Morgan fingerprint density at radius 2 is 2.24 bits per heavy atom. The average Bonchev–Trinajstić information content (AvgIpc) is 2.82. The molecule has 4 nitrogen and oxygen atoms in total. The first kappa shape index (κ1) is 11.6. The summed E-state index contributed by atoms with van der Waals surface area (Å²) >= 11 is 1.52. The summed E-state index contributed by atoms with van der Waals surface area (Å²) in [4.78, 5) is 15.8. The van der Waals surface area contributed by atoms with E-state index < -0.39 is 0 Å². The van der Waals surface area contributed by atoms with Gasteiger partial charge in [0, 0.05) is 17.3 Å². The lowest BCUT2D eigenvalue weighted by molar-refractivity contribution is -0.120. The van der Waals surface area contributed by atoms with Crippen LogP contribution < -0.4 is 11.1 Å². The summed E-state index contributed by atoms with van der Waals surface area (Å²) < 4.78 is 0. The monoisotopic (exact) mass is 247 g/mol. The van der Waals surface area contributed by atoms with E-state index >= 15 is 0 Å². The molecule has 0 unspecified atom stereocenters. The smallest absolute Gasteiger partial charge is 0.224 e. The van der Waals surface area contributed by atoms with E-state index in [0.717, 1.165) is 10.6 Å². The number of nitrogen functional groups attached to an aromatic ring is 1. The lowest BCUT2D eigenvalue weighted by atomic mass is 10.1. The molecule has 2 rings (SSSR count). The molecule has 0 spiro atoms. The minimum Gasteiger partial charge on any atom is -0.398 e. The number of rotatable bonds is 4. The van der Waals surface area contributed by atoms with Crippen LogP contribution in [0.4, 0.5) is 5.69 Å². The van der Waals surface area contributed by atoms with Crippen molar-refractivity contribution in [2.75, 3.05) is 5.73 Å². The number of carbonyl (C=O) groups is 1. The zero-order chi connectivity index (χ0) is 12.1. The molecule has 0 saturated carbocycles. The van der Waals surface area contributed by atoms with Crippen LogP contribution in [0, 0.1) is 0 Å². The van der Waals surface area contributed by atoms with Crippen LogP contribution in [0.2, 0.25) is 0 Å². The summed E-state index contributed by atoms with van der Waals surface area (Å²) in [5.41, 5.74) is 7.27. The highest BCUT2D eigenvalue weighted by Gasteiger charge is 2.06. The Kier molecular flexibility index (Phi) is 3.72. The van der Waals surface area contributed by atoms with Crippen molar-refractivity contribution in [2.45, 2.75) is 13.0 Å². The van der Waals surface area contributed by atoms with Crippen molar-refractivity contribution < 1.29 is 4.79 Å². The van der Waals surface area contributed by atoms with Gasteiger partial charge in [-0.2, -0.15) is 0 Å². The van der Waals surface area contributed by atoms with E-state index in [9.17, 15) is 4.79 Å². The van der Waals surface area contributed by atoms with E-state index in [0.29, 0.717) is 18.7 Å².